The van der Waals surface area contributed by atoms with E-state index in [1.807, 2.05) is 0 Å². The minimum atomic E-state index is -1.23. The lowest BCUT2D eigenvalue weighted by Gasteiger charge is -2.01. The molecule has 0 unspecified atom stereocenters. The van der Waals surface area contributed by atoms with Crippen molar-refractivity contribution in [1.82, 2.24) is 14.9 Å². The monoisotopic (exact) mass is 208 g/mol. The smallest absolute Gasteiger partial charge is 0.340 e. The molecular weight excluding hydrogens is 204 g/mol. The number of carboxylic acid groups (broad SMARTS) is 1. The van der Waals surface area contributed by atoms with Crippen LogP contribution >= 0.6 is 0 Å². The third-order valence-electron chi connectivity index (χ3n) is 1.71. The Morgan fingerprint density at radius 3 is 2.60 bits per heavy atom. The molecule has 2 rings (SSSR count). The van der Waals surface area contributed by atoms with E-state index in [0.29, 0.717) is 4.68 Å². The van der Waals surface area contributed by atoms with Gasteiger partial charge in [0.1, 0.15) is 5.56 Å². The first-order chi connectivity index (χ1) is 7.11. The van der Waals surface area contributed by atoms with Crippen molar-refractivity contribution < 1.29 is 9.90 Å². The van der Waals surface area contributed by atoms with Crippen molar-refractivity contribution in [1.29, 1.82) is 0 Å². The molecule has 0 bridgehead atoms. The maximum atomic E-state index is 10.7. The summed E-state index contributed by atoms with van der Waals surface area (Å²) in [5, 5.41) is 15.6. The fourth-order valence-corrected chi connectivity index (χ4v) is 0.929. The molecule has 15 heavy (non-hydrogen) atoms. The van der Waals surface area contributed by atoms with Crippen molar-refractivity contribution in [3.05, 3.63) is 38.5 Å². The standard InChI is InChI=1S/C7H4N4O4/c12-5-6(13)11(5)10-4-3(7(14)15)1-2-8-9-4/h1-2H,(H,9,10)(H,14,15). The zero-order chi connectivity index (χ0) is 11.0. The molecule has 0 saturated heterocycles. The molecule has 0 saturated carbocycles. The number of nitrogens with one attached hydrogen (secondary N) is 1. The van der Waals surface area contributed by atoms with Crippen LogP contribution in [0.2, 0.25) is 0 Å². The van der Waals surface area contributed by atoms with Gasteiger partial charge >= 0.3 is 17.1 Å². The molecule has 8 nitrogen and oxygen atoms in total. The molecule has 2 aromatic heterocycles. The van der Waals surface area contributed by atoms with Crippen molar-refractivity contribution in [2.45, 2.75) is 0 Å². The van der Waals surface area contributed by atoms with E-state index in [1.54, 1.807) is 0 Å². The molecule has 0 fully saturated rings. The number of nitrogens with zero attached hydrogens (tertiary/aromatic N) is 3. The molecule has 76 valence electrons. The molecule has 0 aromatic carbocycles. The van der Waals surface area contributed by atoms with Gasteiger partial charge in [0.05, 0.1) is 6.20 Å². The van der Waals surface area contributed by atoms with Gasteiger partial charge in [-0.3, -0.25) is 15.0 Å². The largest absolute Gasteiger partial charge is 0.478 e. The summed E-state index contributed by atoms with van der Waals surface area (Å²) in [7, 11) is 0. The summed E-state index contributed by atoms with van der Waals surface area (Å²) in [5.41, 5.74) is 0.598. The van der Waals surface area contributed by atoms with Crippen LogP contribution in [0.15, 0.2) is 21.9 Å². The first-order valence-electron chi connectivity index (χ1n) is 3.81. The van der Waals surface area contributed by atoms with Gasteiger partial charge in [-0.15, -0.1) is 5.10 Å². The second-order valence-corrected chi connectivity index (χ2v) is 2.66. The van der Waals surface area contributed by atoms with Gasteiger partial charge in [-0.05, 0) is 6.07 Å². The van der Waals surface area contributed by atoms with Gasteiger partial charge in [-0.25, -0.2) is 4.79 Å². The number of carbonyl (C=O) groups is 1. The quantitative estimate of drug-likeness (QED) is 0.586. The number of hydrogen-bond acceptors (Lipinski definition) is 6. The van der Waals surface area contributed by atoms with Crippen molar-refractivity contribution in [3.63, 3.8) is 0 Å². The number of aromatic carboxylic acids is 1. The van der Waals surface area contributed by atoms with E-state index in [2.05, 4.69) is 15.6 Å². The minimum Gasteiger partial charge on any atom is -0.478 e. The molecule has 0 spiro atoms. The summed E-state index contributed by atoms with van der Waals surface area (Å²) in [4.78, 5) is 31.9. The average Bonchev–Trinajstić information content (AvgIpc) is 2.76. The van der Waals surface area contributed by atoms with E-state index in [-0.39, 0.29) is 11.4 Å². The summed E-state index contributed by atoms with van der Waals surface area (Å²) >= 11 is 0. The predicted octanol–water partition coefficient (Wildman–Crippen LogP) is -1.55. The van der Waals surface area contributed by atoms with Crippen molar-refractivity contribution in [3.8, 4) is 0 Å². The Labute approximate surface area is 81.5 Å². The first kappa shape index (κ1) is 9.06. The van der Waals surface area contributed by atoms with Crippen LogP contribution in [-0.4, -0.2) is 25.9 Å². The number of aromatic nitrogens is 3. The Bertz CT molecular complexity index is 570. The third kappa shape index (κ3) is 1.47. The Hall–Kier alpha value is -2.51. The van der Waals surface area contributed by atoms with Gasteiger partial charge in [0, 0.05) is 0 Å². The van der Waals surface area contributed by atoms with Crippen LogP contribution in [0.1, 0.15) is 10.4 Å². The molecule has 0 aliphatic carbocycles. The second kappa shape index (κ2) is 3.01. The molecule has 0 aliphatic rings. The molecule has 8 heteroatoms. The summed E-state index contributed by atoms with van der Waals surface area (Å²) < 4.78 is 0.649. The highest BCUT2D eigenvalue weighted by Crippen LogP contribution is 2.08. The maximum absolute atomic E-state index is 10.7. The van der Waals surface area contributed by atoms with Crippen LogP contribution in [-0.2, 0) is 0 Å². The maximum Gasteiger partial charge on any atom is 0.340 e. The van der Waals surface area contributed by atoms with E-state index >= 15 is 0 Å². The second-order valence-electron chi connectivity index (χ2n) is 2.66. The van der Waals surface area contributed by atoms with Crippen LogP contribution < -0.4 is 16.5 Å². The van der Waals surface area contributed by atoms with E-state index in [1.165, 1.54) is 12.3 Å². The van der Waals surface area contributed by atoms with Crippen LogP contribution in [0.4, 0.5) is 5.82 Å². The van der Waals surface area contributed by atoms with Gasteiger partial charge < -0.3 is 5.11 Å². The summed E-state index contributed by atoms with van der Waals surface area (Å²) in [6, 6.07) is 1.20. The normalized spacial score (nSPS) is 10.4. The van der Waals surface area contributed by atoms with Gasteiger partial charge in [0.2, 0.25) is 0 Å². The predicted molar refractivity (Wildman–Crippen MR) is 47.4 cm³/mol. The van der Waals surface area contributed by atoms with Crippen LogP contribution in [0.5, 0.6) is 0 Å². The lowest BCUT2D eigenvalue weighted by atomic mass is 10.3. The Morgan fingerprint density at radius 1 is 1.40 bits per heavy atom. The van der Waals surface area contributed by atoms with Crippen LogP contribution in [0.3, 0.4) is 0 Å². The number of rotatable bonds is 3. The topological polar surface area (TPSA) is 114 Å². The van der Waals surface area contributed by atoms with E-state index < -0.39 is 17.1 Å². The molecular formula is C7H4N4O4. The first-order valence-corrected chi connectivity index (χ1v) is 3.81. The highest BCUT2D eigenvalue weighted by atomic mass is 16.4. The van der Waals surface area contributed by atoms with Gasteiger partial charge in [-0.1, -0.05) is 0 Å². The molecule has 0 aliphatic heterocycles. The molecule has 0 radical (unpaired) electrons. The Balaban J connectivity index is 2.37. The van der Waals surface area contributed by atoms with Gasteiger partial charge in [0.15, 0.2) is 5.82 Å². The Morgan fingerprint density at radius 2 is 2.07 bits per heavy atom. The minimum absolute atomic E-state index is 0.149. The van der Waals surface area contributed by atoms with Gasteiger partial charge in [-0.2, -0.15) is 9.77 Å². The van der Waals surface area contributed by atoms with Crippen molar-refractivity contribution >= 4 is 11.8 Å². The third-order valence-corrected chi connectivity index (χ3v) is 1.71. The average molecular weight is 208 g/mol. The summed E-state index contributed by atoms with van der Waals surface area (Å²) in [6.45, 7) is 0. The van der Waals surface area contributed by atoms with Gasteiger partial charge in [0.25, 0.3) is 0 Å². The van der Waals surface area contributed by atoms with Crippen molar-refractivity contribution in [2.75, 3.05) is 5.43 Å². The van der Waals surface area contributed by atoms with Crippen LogP contribution in [0.25, 0.3) is 0 Å². The molecule has 0 atom stereocenters. The number of anilines is 1. The molecule has 2 N–H and O–H groups in total. The zero-order valence-electron chi connectivity index (χ0n) is 7.17. The molecule has 2 aromatic rings. The van der Waals surface area contributed by atoms with Crippen molar-refractivity contribution in [2.24, 2.45) is 0 Å². The highest BCUT2D eigenvalue weighted by Gasteiger charge is 2.19. The fraction of sp³-hybridized carbons (Fsp3) is 0. The highest BCUT2D eigenvalue weighted by molar-refractivity contribution is 5.92. The van der Waals surface area contributed by atoms with E-state index in [9.17, 15) is 14.4 Å². The fourth-order valence-electron chi connectivity index (χ4n) is 0.929. The van der Waals surface area contributed by atoms with E-state index in [4.69, 9.17) is 5.11 Å². The summed E-state index contributed by atoms with van der Waals surface area (Å²) in [6.07, 6.45) is 1.19. The molecule has 0 amide bonds. The molecule has 2 heterocycles. The summed E-state index contributed by atoms with van der Waals surface area (Å²) in [5.74, 6) is -1.38. The van der Waals surface area contributed by atoms with E-state index in [0.717, 1.165) is 0 Å². The lowest BCUT2D eigenvalue weighted by molar-refractivity contribution is 0.0697. The number of carboxylic acids is 1. The SMILES string of the molecule is O=C(O)c1ccnnc1Nn1c(=O)c1=O. The Kier molecular flexibility index (Phi) is 1.82. The zero-order valence-corrected chi connectivity index (χ0v) is 7.17. The lowest BCUT2D eigenvalue weighted by Crippen LogP contribution is -2.13. The number of hydrogen-bond donors (Lipinski definition) is 2. The van der Waals surface area contributed by atoms with Crippen LogP contribution in [0, 0.1) is 0 Å².